The van der Waals surface area contributed by atoms with E-state index in [9.17, 15) is 9.59 Å². The Labute approximate surface area is 173 Å². The number of carbonyl (C=O) groups excluding carboxylic acids is 2. The molecule has 0 aromatic heterocycles. The van der Waals surface area contributed by atoms with Gasteiger partial charge in [-0.15, -0.1) is 0 Å². The van der Waals surface area contributed by atoms with Crippen LogP contribution in [0, 0.1) is 5.92 Å². The zero-order chi connectivity index (χ0) is 20.1. The molecular formula is C22H33N5O2. The SMILES string of the molecule is O=C1CC(N2CCCC(C(=O)NCc3ccc(N4CCCCC4)cc3)C2)CNN1. The van der Waals surface area contributed by atoms with E-state index in [0.29, 0.717) is 13.0 Å². The Hall–Kier alpha value is -2.12. The van der Waals surface area contributed by atoms with Crippen LogP contribution in [0.2, 0.25) is 0 Å². The molecule has 0 aliphatic carbocycles. The predicted molar refractivity (Wildman–Crippen MR) is 113 cm³/mol. The second-order valence-corrected chi connectivity index (χ2v) is 8.55. The fraction of sp³-hybridized carbons (Fsp3) is 0.636. The summed E-state index contributed by atoms with van der Waals surface area (Å²) in [7, 11) is 0. The summed E-state index contributed by atoms with van der Waals surface area (Å²) in [5.41, 5.74) is 8.03. The van der Waals surface area contributed by atoms with Crippen LogP contribution in [0.15, 0.2) is 24.3 Å². The summed E-state index contributed by atoms with van der Waals surface area (Å²) >= 11 is 0. The van der Waals surface area contributed by atoms with E-state index in [1.807, 2.05) is 0 Å². The van der Waals surface area contributed by atoms with Gasteiger partial charge in [-0.05, 0) is 56.3 Å². The number of hydrazine groups is 1. The number of nitrogens with zero attached hydrogens (tertiary/aromatic N) is 2. The van der Waals surface area contributed by atoms with Gasteiger partial charge in [-0.25, -0.2) is 5.43 Å². The number of rotatable bonds is 5. The van der Waals surface area contributed by atoms with Crippen molar-refractivity contribution in [3.63, 3.8) is 0 Å². The van der Waals surface area contributed by atoms with Gasteiger partial charge in [0.25, 0.3) is 0 Å². The van der Waals surface area contributed by atoms with E-state index in [2.05, 4.69) is 50.2 Å². The number of nitrogens with one attached hydrogen (secondary N) is 3. The average Bonchev–Trinajstić information content (AvgIpc) is 2.78. The number of piperidine rings is 2. The quantitative estimate of drug-likeness (QED) is 0.698. The molecule has 3 aliphatic rings. The molecule has 3 N–H and O–H groups in total. The molecule has 0 radical (unpaired) electrons. The molecule has 7 heteroatoms. The highest BCUT2D eigenvalue weighted by molar-refractivity contribution is 5.79. The van der Waals surface area contributed by atoms with Crippen LogP contribution < -0.4 is 21.1 Å². The Bertz CT molecular complexity index is 702. The topological polar surface area (TPSA) is 76.7 Å². The van der Waals surface area contributed by atoms with Crippen molar-refractivity contribution in [1.82, 2.24) is 21.1 Å². The largest absolute Gasteiger partial charge is 0.372 e. The Morgan fingerprint density at radius 3 is 2.62 bits per heavy atom. The summed E-state index contributed by atoms with van der Waals surface area (Å²) in [6.07, 6.45) is 6.31. The number of anilines is 1. The Kier molecular flexibility index (Phi) is 6.67. The predicted octanol–water partition coefficient (Wildman–Crippen LogP) is 1.40. The molecule has 4 rings (SSSR count). The number of amides is 2. The lowest BCUT2D eigenvalue weighted by molar-refractivity contribution is -0.128. The molecule has 0 spiro atoms. The third-order valence-electron chi connectivity index (χ3n) is 6.45. The Morgan fingerprint density at radius 1 is 1.07 bits per heavy atom. The molecule has 1 aromatic rings. The minimum Gasteiger partial charge on any atom is -0.372 e. The van der Waals surface area contributed by atoms with Gasteiger partial charge >= 0.3 is 0 Å². The molecule has 0 saturated carbocycles. The maximum atomic E-state index is 12.7. The van der Waals surface area contributed by atoms with E-state index >= 15 is 0 Å². The van der Waals surface area contributed by atoms with Gasteiger partial charge in [-0.1, -0.05) is 12.1 Å². The van der Waals surface area contributed by atoms with E-state index in [1.165, 1.54) is 24.9 Å². The van der Waals surface area contributed by atoms with E-state index in [-0.39, 0.29) is 23.8 Å². The van der Waals surface area contributed by atoms with Crippen LogP contribution in [0.5, 0.6) is 0 Å². The standard InChI is InChI=1S/C22H33N5O2/c28-21-13-20(15-24-25-21)27-12-4-5-18(16-27)22(29)23-14-17-6-8-19(9-7-17)26-10-2-1-3-11-26/h6-9,18,20,24H,1-5,10-16H2,(H,23,29)(H,25,28). The smallest absolute Gasteiger partial charge is 0.235 e. The highest BCUT2D eigenvalue weighted by atomic mass is 16.2. The van der Waals surface area contributed by atoms with Gasteiger partial charge in [0.1, 0.15) is 0 Å². The average molecular weight is 400 g/mol. The third kappa shape index (κ3) is 5.28. The summed E-state index contributed by atoms with van der Waals surface area (Å²) in [5, 5.41) is 3.13. The van der Waals surface area contributed by atoms with Crippen LogP contribution in [0.3, 0.4) is 0 Å². The van der Waals surface area contributed by atoms with Crippen molar-refractivity contribution < 1.29 is 9.59 Å². The van der Waals surface area contributed by atoms with E-state index < -0.39 is 0 Å². The first kappa shape index (κ1) is 20.2. The molecule has 3 aliphatic heterocycles. The molecule has 0 bridgehead atoms. The first-order valence-corrected chi connectivity index (χ1v) is 11.1. The molecule has 158 valence electrons. The molecule has 3 heterocycles. The summed E-state index contributed by atoms with van der Waals surface area (Å²) in [6.45, 7) is 5.30. The van der Waals surface area contributed by atoms with Crippen molar-refractivity contribution in [3.05, 3.63) is 29.8 Å². The van der Waals surface area contributed by atoms with E-state index in [4.69, 9.17) is 0 Å². The van der Waals surface area contributed by atoms with Gasteiger partial charge < -0.3 is 10.2 Å². The summed E-state index contributed by atoms with van der Waals surface area (Å²) in [5.74, 6) is 0.158. The van der Waals surface area contributed by atoms with Gasteiger partial charge in [-0.2, -0.15) is 0 Å². The number of carbonyl (C=O) groups is 2. The van der Waals surface area contributed by atoms with Gasteiger partial charge in [0.15, 0.2) is 0 Å². The zero-order valence-electron chi connectivity index (χ0n) is 17.2. The van der Waals surface area contributed by atoms with Crippen LogP contribution in [-0.2, 0) is 16.1 Å². The summed E-state index contributed by atoms with van der Waals surface area (Å²) in [6, 6.07) is 8.79. The molecule has 2 unspecified atom stereocenters. The molecule has 2 atom stereocenters. The molecule has 3 saturated heterocycles. The minimum atomic E-state index is 0.00126. The van der Waals surface area contributed by atoms with Gasteiger partial charge in [0, 0.05) is 50.9 Å². The van der Waals surface area contributed by atoms with E-state index in [1.54, 1.807) is 0 Å². The van der Waals surface area contributed by atoms with Gasteiger partial charge in [-0.3, -0.25) is 19.9 Å². The second-order valence-electron chi connectivity index (χ2n) is 8.55. The first-order valence-electron chi connectivity index (χ1n) is 11.1. The van der Waals surface area contributed by atoms with Crippen molar-refractivity contribution in [2.45, 2.75) is 51.1 Å². The van der Waals surface area contributed by atoms with Crippen LogP contribution in [0.25, 0.3) is 0 Å². The summed E-state index contributed by atoms with van der Waals surface area (Å²) in [4.78, 5) is 29.1. The molecule has 3 fully saturated rings. The minimum absolute atomic E-state index is 0.00126. The highest BCUT2D eigenvalue weighted by Crippen LogP contribution is 2.22. The zero-order valence-corrected chi connectivity index (χ0v) is 17.2. The van der Waals surface area contributed by atoms with Crippen molar-refractivity contribution in [2.75, 3.05) is 37.6 Å². The third-order valence-corrected chi connectivity index (χ3v) is 6.45. The number of benzene rings is 1. The lowest BCUT2D eigenvalue weighted by atomic mass is 9.94. The number of likely N-dealkylation sites (tertiary alicyclic amines) is 1. The van der Waals surface area contributed by atoms with Crippen LogP contribution in [0.4, 0.5) is 5.69 Å². The monoisotopic (exact) mass is 399 g/mol. The van der Waals surface area contributed by atoms with Crippen LogP contribution in [0.1, 0.15) is 44.1 Å². The summed E-state index contributed by atoms with van der Waals surface area (Å²) < 4.78 is 0. The van der Waals surface area contributed by atoms with Crippen molar-refractivity contribution in [2.24, 2.45) is 5.92 Å². The normalized spacial score (nSPS) is 26.1. The lowest BCUT2D eigenvalue weighted by Crippen LogP contribution is -2.57. The van der Waals surface area contributed by atoms with Crippen molar-refractivity contribution in [3.8, 4) is 0 Å². The first-order chi connectivity index (χ1) is 14.2. The molecular weight excluding hydrogens is 366 g/mol. The maximum Gasteiger partial charge on any atom is 0.235 e. The van der Waals surface area contributed by atoms with Gasteiger partial charge in [0.2, 0.25) is 11.8 Å². The molecule has 1 aromatic carbocycles. The molecule has 2 amide bonds. The maximum absolute atomic E-state index is 12.7. The van der Waals surface area contributed by atoms with Crippen molar-refractivity contribution in [1.29, 1.82) is 0 Å². The Morgan fingerprint density at radius 2 is 1.86 bits per heavy atom. The number of hydrogen-bond donors (Lipinski definition) is 3. The molecule has 29 heavy (non-hydrogen) atoms. The molecule has 7 nitrogen and oxygen atoms in total. The number of hydrogen-bond acceptors (Lipinski definition) is 5. The van der Waals surface area contributed by atoms with E-state index in [0.717, 1.165) is 51.1 Å². The van der Waals surface area contributed by atoms with Crippen LogP contribution in [-0.4, -0.2) is 55.5 Å². The Balaban J connectivity index is 1.26. The van der Waals surface area contributed by atoms with Gasteiger partial charge in [0.05, 0.1) is 5.92 Å². The fourth-order valence-electron chi connectivity index (χ4n) is 4.73. The highest BCUT2D eigenvalue weighted by Gasteiger charge is 2.32. The fourth-order valence-corrected chi connectivity index (χ4v) is 4.73. The van der Waals surface area contributed by atoms with Crippen LogP contribution >= 0.6 is 0 Å². The van der Waals surface area contributed by atoms with Crippen molar-refractivity contribution >= 4 is 17.5 Å². The second kappa shape index (κ2) is 9.59. The lowest BCUT2D eigenvalue weighted by Gasteiger charge is -2.39.